The van der Waals surface area contributed by atoms with Crippen LogP contribution >= 0.6 is 11.8 Å². The molecule has 0 aliphatic heterocycles. The van der Waals surface area contributed by atoms with Crippen molar-refractivity contribution in [1.82, 2.24) is 20.2 Å². The van der Waals surface area contributed by atoms with Crippen molar-refractivity contribution in [2.45, 2.75) is 10.8 Å². The van der Waals surface area contributed by atoms with E-state index < -0.39 is 0 Å². The number of para-hydroxylation sites is 1. The summed E-state index contributed by atoms with van der Waals surface area (Å²) in [5, 5.41) is 10.1. The van der Waals surface area contributed by atoms with E-state index in [0.717, 1.165) is 21.5 Å². The summed E-state index contributed by atoms with van der Waals surface area (Å²) in [5.74, 6) is 2.77. The van der Waals surface area contributed by atoms with Crippen molar-refractivity contribution >= 4 is 22.7 Å². The first kappa shape index (κ1) is 16.7. The van der Waals surface area contributed by atoms with E-state index in [1.807, 2.05) is 66.7 Å². The maximum atomic E-state index is 5.80. The lowest BCUT2D eigenvalue weighted by atomic mass is 10.2. The predicted molar refractivity (Wildman–Crippen MR) is 107 cm³/mol. The van der Waals surface area contributed by atoms with Crippen molar-refractivity contribution < 1.29 is 8.83 Å². The number of aromatic nitrogens is 4. The van der Waals surface area contributed by atoms with Crippen LogP contribution < -0.4 is 0 Å². The Bertz CT molecular complexity index is 1220. The minimum Gasteiger partial charge on any atom is -0.461 e. The van der Waals surface area contributed by atoms with Gasteiger partial charge in [-0.2, -0.15) is 0 Å². The van der Waals surface area contributed by atoms with E-state index >= 15 is 0 Å². The lowest BCUT2D eigenvalue weighted by Gasteiger charge is -2.06. The van der Waals surface area contributed by atoms with Crippen LogP contribution in [0.25, 0.3) is 33.9 Å². The topological polar surface area (TPSA) is 77.8 Å². The lowest BCUT2D eigenvalue weighted by Crippen LogP contribution is -1.93. The summed E-state index contributed by atoms with van der Waals surface area (Å²) in [4.78, 5) is 9.30. The van der Waals surface area contributed by atoms with Gasteiger partial charge in [0.1, 0.15) is 5.03 Å². The molecule has 5 aromatic rings. The van der Waals surface area contributed by atoms with Gasteiger partial charge in [0.25, 0.3) is 0 Å². The first-order valence-electron chi connectivity index (χ1n) is 8.68. The van der Waals surface area contributed by atoms with Gasteiger partial charge < -0.3 is 8.83 Å². The third kappa shape index (κ3) is 3.27. The predicted octanol–water partition coefficient (Wildman–Crippen LogP) is 5.23. The summed E-state index contributed by atoms with van der Waals surface area (Å²) in [6.07, 6.45) is 1.62. The van der Waals surface area contributed by atoms with Crippen molar-refractivity contribution in [3.8, 4) is 23.0 Å². The summed E-state index contributed by atoms with van der Waals surface area (Å²) in [5.41, 5.74) is 1.76. The van der Waals surface area contributed by atoms with Gasteiger partial charge in [0.05, 0.1) is 17.5 Å². The number of furan rings is 1. The fraction of sp³-hybridized carbons (Fsp3) is 0.0476. The second kappa shape index (κ2) is 7.28. The zero-order valence-electron chi connectivity index (χ0n) is 14.6. The summed E-state index contributed by atoms with van der Waals surface area (Å²) in [7, 11) is 0. The van der Waals surface area contributed by atoms with E-state index in [4.69, 9.17) is 13.8 Å². The zero-order valence-corrected chi connectivity index (χ0v) is 15.5. The monoisotopic (exact) mass is 386 g/mol. The van der Waals surface area contributed by atoms with Crippen molar-refractivity contribution in [3.63, 3.8) is 0 Å². The van der Waals surface area contributed by atoms with Gasteiger partial charge in [-0.25, -0.2) is 9.97 Å². The molecule has 0 amide bonds. The molecule has 0 spiro atoms. The highest BCUT2D eigenvalue weighted by molar-refractivity contribution is 7.98. The van der Waals surface area contributed by atoms with Gasteiger partial charge in [-0.3, -0.25) is 0 Å². The van der Waals surface area contributed by atoms with Crippen LogP contribution in [0.15, 0.2) is 86.9 Å². The molecule has 0 unspecified atom stereocenters. The van der Waals surface area contributed by atoms with Crippen LogP contribution in [0, 0.1) is 0 Å². The number of hydrogen-bond donors (Lipinski definition) is 0. The molecular formula is C21H14N4O2S. The zero-order chi connectivity index (χ0) is 18.8. The Hall–Kier alpha value is -3.45. The van der Waals surface area contributed by atoms with Crippen molar-refractivity contribution in [2.24, 2.45) is 0 Å². The Labute approximate surface area is 164 Å². The molecular weight excluding hydrogens is 372 g/mol. The smallest absolute Gasteiger partial charge is 0.247 e. The van der Waals surface area contributed by atoms with Gasteiger partial charge in [0, 0.05) is 10.9 Å². The van der Waals surface area contributed by atoms with Crippen LogP contribution in [0.2, 0.25) is 0 Å². The van der Waals surface area contributed by atoms with Crippen LogP contribution in [-0.4, -0.2) is 20.2 Å². The minimum absolute atomic E-state index is 0.512. The molecule has 0 aliphatic carbocycles. The second-order valence-electron chi connectivity index (χ2n) is 6.00. The first-order chi connectivity index (χ1) is 13.9. The molecule has 0 saturated carbocycles. The molecule has 0 radical (unpaired) electrons. The molecule has 2 aromatic carbocycles. The van der Waals surface area contributed by atoms with E-state index in [9.17, 15) is 0 Å². The summed E-state index contributed by atoms with van der Waals surface area (Å²) in [6.45, 7) is 0. The molecule has 7 heteroatoms. The molecule has 0 fully saturated rings. The molecule has 3 heterocycles. The van der Waals surface area contributed by atoms with Gasteiger partial charge in [-0.1, -0.05) is 48.2 Å². The van der Waals surface area contributed by atoms with E-state index in [0.29, 0.717) is 29.1 Å². The van der Waals surface area contributed by atoms with Crippen molar-refractivity contribution in [1.29, 1.82) is 0 Å². The van der Waals surface area contributed by atoms with Crippen LogP contribution in [0.1, 0.15) is 5.89 Å². The molecule has 5 rings (SSSR count). The van der Waals surface area contributed by atoms with Crippen LogP contribution in [0.3, 0.4) is 0 Å². The SMILES string of the molecule is c1ccc(-c2nnc(CSc3nc(-c4ccco4)nc4ccccc34)o2)cc1. The average Bonchev–Trinajstić information content (AvgIpc) is 3.45. The van der Waals surface area contributed by atoms with Crippen molar-refractivity contribution in [2.75, 3.05) is 0 Å². The van der Waals surface area contributed by atoms with Gasteiger partial charge in [-0.15, -0.1) is 10.2 Å². The molecule has 0 aliphatic rings. The van der Waals surface area contributed by atoms with Gasteiger partial charge in [-0.05, 0) is 30.3 Å². The molecule has 0 atom stereocenters. The summed E-state index contributed by atoms with van der Waals surface area (Å²) < 4.78 is 11.3. The normalized spacial score (nSPS) is 11.1. The highest BCUT2D eigenvalue weighted by atomic mass is 32.2. The third-order valence-corrected chi connectivity index (χ3v) is 5.11. The molecule has 0 N–H and O–H groups in total. The molecule has 0 bridgehead atoms. The van der Waals surface area contributed by atoms with Crippen LogP contribution in [-0.2, 0) is 5.75 Å². The van der Waals surface area contributed by atoms with Crippen LogP contribution in [0.4, 0.5) is 0 Å². The summed E-state index contributed by atoms with van der Waals surface area (Å²) in [6, 6.07) is 21.3. The Balaban J connectivity index is 1.44. The highest BCUT2D eigenvalue weighted by Crippen LogP contribution is 2.31. The average molecular weight is 386 g/mol. The fourth-order valence-electron chi connectivity index (χ4n) is 2.81. The Kier molecular flexibility index (Phi) is 4.34. The van der Waals surface area contributed by atoms with Crippen LogP contribution in [0.5, 0.6) is 0 Å². The largest absolute Gasteiger partial charge is 0.461 e. The van der Waals surface area contributed by atoms with E-state index in [1.165, 1.54) is 11.8 Å². The number of rotatable bonds is 5. The molecule has 0 saturated heterocycles. The summed E-state index contributed by atoms with van der Waals surface area (Å²) >= 11 is 1.53. The molecule has 136 valence electrons. The van der Waals surface area contributed by atoms with E-state index in [2.05, 4.69) is 15.2 Å². The number of hydrogen-bond acceptors (Lipinski definition) is 7. The molecule has 3 aromatic heterocycles. The minimum atomic E-state index is 0.512. The number of thioether (sulfide) groups is 1. The van der Waals surface area contributed by atoms with Gasteiger partial charge >= 0.3 is 0 Å². The standard InChI is InChI=1S/C21H14N4O2S/c1-2-7-14(8-3-1)20-25-24-18(27-20)13-28-21-15-9-4-5-10-16(15)22-19(23-21)17-11-6-12-26-17/h1-12H,13H2. The quantitative estimate of drug-likeness (QED) is 0.302. The lowest BCUT2D eigenvalue weighted by molar-refractivity contribution is 0.528. The fourth-order valence-corrected chi connectivity index (χ4v) is 3.67. The van der Waals surface area contributed by atoms with E-state index in [-0.39, 0.29) is 0 Å². The Morgan fingerprint density at radius 3 is 2.54 bits per heavy atom. The number of nitrogens with zero attached hydrogens (tertiary/aromatic N) is 4. The van der Waals surface area contributed by atoms with E-state index in [1.54, 1.807) is 6.26 Å². The van der Waals surface area contributed by atoms with Gasteiger partial charge in [0.2, 0.25) is 11.8 Å². The maximum absolute atomic E-state index is 5.80. The van der Waals surface area contributed by atoms with Gasteiger partial charge in [0.15, 0.2) is 11.6 Å². The first-order valence-corrected chi connectivity index (χ1v) is 9.67. The Morgan fingerprint density at radius 2 is 1.68 bits per heavy atom. The number of benzene rings is 2. The molecule has 28 heavy (non-hydrogen) atoms. The van der Waals surface area contributed by atoms with Crippen molar-refractivity contribution in [3.05, 3.63) is 78.9 Å². The third-order valence-electron chi connectivity index (χ3n) is 4.13. The number of fused-ring (bicyclic) bond motifs is 1. The maximum Gasteiger partial charge on any atom is 0.247 e. The second-order valence-corrected chi connectivity index (χ2v) is 6.97. The Morgan fingerprint density at radius 1 is 0.821 bits per heavy atom. The molecule has 6 nitrogen and oxygen atoms in total. The highest BCUT2D eigenvalue weighted by Gasteiger charge is 2.14.